The van der Waals surface area contributed by atoms with Crippen molar-refractivity contribution in [2.75, 3.05) is 7.11 Å². The Bertz CT molecular complexity index is 3360. The van der Waals surface area contributed by atoms with Gasteiger partial charge < -0.3 is 29.6 Å². The van der Waals surface area contributed by atoms with Gasteiger partial charge in [0.15, 0.2) is 0 Å². The molecule has 6 aromatic carbocycles. The number of benzene rings is 6. The van der Waals surface area contributed by atoms with E-state index >= 15 is 0 Å². The third-order valence-corrected chi connectivity index (χ3v) is 12.1. The first-order valence-electron chi connectivity index (χ1n) is 21.2. The highest BCUT2D eigenvalue weighted by atomic mass is 35.5. The number of aliphatic carboxylic acids is 1. The summed E-state index contributed by atoms with van der Waals surface area (Å²) >= 11 is 11.9. The molecule has 0 unspecified atom stereocenters. The molecule has 0 aliphatic carbocycles. The number of fused-ring (bicyclic) bond motifs is 2. The summed E-state index contributed by atoms with van der Waals surface area (Å²) in [6.45, 7) is 0. The Labute approximate surface area is 403 Å². The number of nitrogens with zero attached hydrogens (tertiary/aromatic N) is 2. The fourth-order valence-corrected chi connectivity index (χ4v) is 8.29. The molecule has 8 rings (SSSR count). The number of carboxylic acid groups (broad SMARTS) is 1. The summed E-state index contributed by atoms with van der Waals surface area (Å²) in [5, 5.41) is 16.1. The van der Waals surface area contributed by atoms with Gasteiger partial charge in [0, 0.05) is 38.1 Å². The number of carboxylic acids is 1. The number of hydrogen-bond donors (Lipinski definition) is 3. The van der Waals surface area contributed by atoms with E-state index in [1.165, 1.54) is 31.4 Å². The van der Waals surface area contributed by atoms with Gasteiger partial charge in [0.2, 0.25) is 0 Å². The quantitative estimate of drug-likeness (QED) is 0.102. The number of nitrogens with one attached hydrogen (secondary N) is 2. The molecule has 2 aromatic heterocycles. The topological polar surface area (TPSA) is 166 Å². The molecule has 0 aliphatic rings. The lowest BCUT2D eigenvalue weighted by atomic mass is 10.00. The van der Waals surface area contributed by atoms with Crippen molar-refractivity contribution in [1.29, 1.82) is 0 Å². The van der Waals surface area contributed by atoms with Gasteiger partial charge in [-0.3, -0.25) is 19.2 Å². The summed E-state index contributed by atoms with van der Waals surface area (Å²) in [6, 6.07) is 38.1. The largest absolute Gasteiger partial charge is 0.480 e. The number of amides is 2. The van der Waals surface area contributed by atoms with Crippen LogP contribution in [0.5, 0.6) is 0 Å². The number of carbonyl (C=O) groups is 4. The number of ether oxygens (including phenoxy) is 1. The van der Waals surface area contributed by atoms with Crippen LogP contribution < -0.4 is 21.8 Å². The van der Waals surface area contributed by atoms with Gasteiger partial charge in [-0.25, -0.2) is 18.4 Å². The maximum absolute atomic E-state index is 14.1. The van der Waals surface area contributed by atoms with Crippen LogP contribution in [0.2, 0.25) is 10.0 Å². The Morgan fingerprint density at radius 2 is 0.971 bits per heavy atom. The molecule has 2 heterocycles. The first-order valence-corrected chi connectivity index (χ1v) is 22.0. The molecule has 0 radical (unpaired) electrons. The van der Waals surface area contributed by atoms with E-state index in [0.717, 1.165) is 39.5 Å². The van der Waals surface area contributed by atoms with Crippen LogP contribution in [0.1, 0.15) is 31.8 Å². The molecule has 0 bridgehead atoms. The van der Waals surface area contributed by atoms with Crippen molar-refractivity contribution in [3.8, 4) is 22.3 Å². The number of aromatic nitrogens is 2. The van der Waals surface area contributed by atoms with Crippen LogP contribution in [0.4, 0.5) is 8.78 Å². The number of pyridine rings is 2. The Morgan fingerprint density at radius 1 is 0.580 bits per heavy atom. The number of hydrogen-bond acceptors (Lipinski definition) is 7. The minimum atomic E-state index is -1.30. The number of esters is 1. The highest BCUT2D eigenvalue weighted by Gasteiger charge is 2.27. The van der Waals surface area contributed by atoms with Crippen molar-refractivity contribution in [1.82, 2.24) is 19.8 Å². The average Bonchev–Trinajstić information content (AvgIpc) is 3.33. The van der Waals surface area contributed by atoms with Crippen LogP contribution in [-0.4, -0.2) is 57.2 Å². The summed E-state index contributed by atoms with van der Waals surface area (Å²) in [7, 11) is 4.65. The molecule has 16 heteroatoms. The maximum atomic E-state index is 14.1. The fraction of sp³-hybridized carbons (Fsp3) is 0.132. The minimum absolute atomic E-state index is 0.0385. The van der Waals surface area contributed by atoms with E-state index in [0.29, 0.717) is 27.8 Å². The number of aryl methyl sites for hydroxylation is 2. The summed E-state index contributed by atoms with van der Waals surface area (Å²) in [6.07, 6.45) is 0.0592. The van der Waals surface area contributed by atoms with Crippen molar-refractivity contribution in [2.24, 2.45) is 14.1 Å². The molecule has 350 valence electrons. The van der Waals surface area contributed by atoms with E-state index in [2.05, 4.69) is 10.6 Å². The molecule has 0 fully saturated rings. The summed E-state index contributed by atoms with van der Waals surface area (Å²) in [4.78, 5) is 74.9. The second-order valence-corrected chi connectivity index (χ2v) is 16.7. The number of para-hydroxylation sites is 2. The molecule has 0 aliphatic heterocycles. The van der Waals surface area contributed by atoms with Gasteiger partial charge >= 0.3 is 11.9 Å². The van der Waals surface area contributed by atoms with E-state index in [9.17, 15) is 42.7 Å². The third kappa shape index (κ3) is 10.9. The second kappa shape index (κ2) is 21.3. The van der Waals surface area contributed by atoms with E-state index in [4.69, 9.17) is 27.9 Å². The van der Waals surface area contributed by atoms with Crippen LogP contribution in [0, 0.1) is 11.6 Å². The van der Waals surface area contributed by atoms with Crippen LogP contribution >= 0.6 is 23.2 Å². The molecule has 0 saturated heterocycles. The van der Waals surface area contributed by atoms with Crippen molar-refractivity contribution in [3.63, 3.8) is 0 Å². The van der Waals surface area contributed by atoms with Gasteiger partial charge in [-0.2, -0.15) is 0 Å². The normalized spacial score (nSPS) is 11.8. The van der Waals surface area contributed by atoms with Crippen LogP contribution in [-0.2, 0) is 41.3 Å². The Balaban J connectivity index is 0.000000204. The molecule has 8 aromatic rings. The van der Waals surface area contributed by atoms with Gasteiger partial charge in [0.25, 0.3) is 22.9 Å². The molecule has 2 amide bonds. The third-order valence-electron chi connectivity index (χ3n) is 11.4. The molecule has 0 saturated carbocycles. The van der Waals surface area contributed by atoms with Crippen molar-refractivity contribution >= 4 is 68.8 Å². The van der Waals surface area contributed by atoms with E-state index in [1.54, 1.807) is 71.8 Å². The first kappa shape index (κ1) is 49.0. The number of rotatable bonds is 12. The zero-order valence-electron chi connectivity index (χ0n) is 37.1. The lowest BCUT2D eigenvalue weighted by molar-refractivity contribution is -0.143. The van der Waals surface area contributed by atoms with E-state index in [1.807, 2.05) is 60.7 Å². The molecular weight excluding hydrogens is 930 g/mol. The van der Waals surface area contributed by atoms with Crippen LogP contribution in [0.25, 0.3) is 44.1 Å². The predicted molar refractivity (Wildman–Crippen MR) is 262 cm³/mol. The zero-order chi connectivity index (χ0) is 49.5. The van der Waals surface area contributed by atoms with Crippen molar-refractivity contribution < 1.29 is 37.8 Å². The Hall–Kier alpha value is -7.94. The van der Waals surface area contributed by atoms with E-state index < -0.39 is 53.0 Å². The molecule has 2 atom stereocenters. The highest BCUT2D eigenvalue weighted by Crippen LogP contribution is 2.25. The minimum Gasteiger partial charge on any atom is -0.480 e. The number of carbonyl (C=O) groups excluding carboxylic acids is 3. The maximum Gasteiger partial charge on any atom is 0.328 e. The first-order chi connectivity index (χ1) is 33.1. The fourth-order valence-electron chi connectivity index (χ4n) is 7.80. The van der Waals surface area contributed by atoms with E-state index in [-0.39, 0.29) is 39.6 Å². The average molecular weight is 972 g/mol. The summed E-state index contributed by atoms with van der Waals surface area (Å²) in [5.74, 6) is -5.31. The van der Waals surface area contributed by atoms with Gasteiger partial charge in [-0.05, 0) is 81.6 Å². The molecule has 69 heavy (non-hydrogen) atoms. The molecule has 3 N–H and O–H groups in total. The van der Waals surface area contributed by atoms with Gasteiger partial charge in [-0.15, -0.1) is 0 Å². The van der Waals surface area contributed by atoms with Gasteiger partial charge in [-0.1, -0.05) is 120 Å². The number of methoxy groups -OCH3 is 1. The molecular formula is C53H42Cl2F2N4O8. The Morgan fingerprint density at radius 3 is 1.36 bits per heavy atom. The Kier molecular flexibility index (Phi) is 15.2. The summed E-state index contributed by atoms with van der Waals surface area (Å²) in [5.41, 5.74) is 4.43. The van der Waals surface area contributed by atoms with Gasteiger partial charge in [0.1, 0.15) is 23.7 Å². The second-order valence-electron chi connectivity index (χ2n) is 15.9. The highest BCUT2D eigenvalue weighted by molar-refractivity contribution is 6.34. The van der Waals surface area contributed by atoms with Crippen molar-refractivity contribution in [2.45, 2.75) is 24.9 Å². The lowest BCUT2D eigenvalue weighted by Crippen LogP contribution is -2.43. The lowest BCUT2D eigenvalue weighted by Gasteiger charge is -2.17. The van der Waals surface area contributed by atoms with Gasteiger partial charge in [0.05, 0.1) is 39.3 Å². The SMILES string of the molecule is COC(=O)[C@H](Cc1ccc(-c2cc3ccccc3n(C)c2=O)cc1)NC(=O)c1c(F)cccc1Cl.Cn1c(=O)c(-c2ccc(C[C@H](NC(=O)c3c(F)cccc3Cl)C(=O)O)cc2)cc2ccccc21. The molecule has 0 spiro atoms. The van der Waals surface area contributed by atoms with Crippen molar-refractivity contribution in [3.05, 3.63) is 210 Å². The monoisotopic (exact) mass is 970 g/mol. The van der Waals surface area contributed by atoms with Crippen LogP contribution in [0.15, 0.2) is 155 Å². The van der Waals surface area contributed by atoms with Crippen LogP contribution in [0.3, 0.4) is 0 Å². The molecule has 12 nitrogen and oxygen atoms in total. The summed E-state index contributed by atoms with van der Waals surface area (Å²) < 4.78 is 36.2. The smallest absolute Gasteiger partial charge is 0.328 e. The number of halogens is 4. The standard InChI is InChI=1S/C27H22ClFN2O4.C26H20ClFN2O4/c1-31-23-9-4-3-6-18(23)15-19(26(31)33)17-12-10-16(11-13-17)14-22(27(34)35-2)30-25(32)24-20(28)7-5-8-21(24)29;1-30-22-8-3-2-5-17(22)14-18(25(30)32)16-11-9-15(10-12-16)13-21(26(33)34)29-24(31)23-19(27)6-4-7-20(23)28/h3-13,15,22H,14H2,1-2H3,(H,30,32);2-12,14,21H,13H2,1H3,(H,29,31)(H,33,34)/t22-;21-/m00/s1. The zero-order valence-corrected chi connectivity index (χ0v) is 38.6. The predicted octanol–water partition coefficient (Wildman–Crippen LogP) is 8.94.